The Balaban J connectivity index is 1.78. The fourth-order valence-electron chi connectivity index (χ4n) is 2.34. The average Bonchev–Trinajstić information content (AvgIpc) is 3.25. The number of nitrogens with two attached hydrogens (primary N) is 1. The van der Waals surface area contributed by atoms with E-state index in [0.29, 0.717) is 34.6 Å². The van der Waals surface area contributed by atoms with Crippen LogP contribution in [0.1, 0.15) is 23.6 Å². The molecule has 0 aliphatic carbocycles. The van der Waals surface area contributed by atoms with Crippen molar-refractivity contribution in [3.8, 4) is 0 Å². The van der Waals surface area contributed by atoms with Gasteiger partial charge in [-0.15, -0.1) is 10.2 Å². The summed E-state index contributed by atoms with van der Waals surface area (Å²) in [5, 5.41) is 10.2. The van der Waals surface area contributed by atoms with E-state index in [9.17, 15) is 4.79 Å². The second-order valence-electron chi connectivity index (χ2n) is 5.57. The maximum absolute atomic E-state index is 11.1. The maximum atomic E-state index is 11.1. The van der Waals surface area contributed by atoms with Gasteiger partial charge in [-0.2, -0.15) is 0 Å². The Bertz CT molecular complexity index is 896. The van der Waals surface area contributed by atoms with Crippen LogP contribution in [0.5, 0.6) is 0 Å². The molecule has 3 aromatic rings. The van der Waals surface area contributed by atoms with E-state index in [2.05, 4.69) is 10.2 Å². The topological polar surface area (TPSA) is 86.9 Å². The summed E-state index contributed by atoms with van der Waals surface area (Å²) in [5.74, 6) is 1.75. The lowest BCUT2D eigenvalue weighted by atomic mass is 10.2. The van der Waals surface area contributed by atoms with Crippen LogP contribution in [0.2, 0.25) is 10.0 Å². The number of benzene rings is 1. The summed E-state index contributed by atoms with van der Waals surface area (Å²) < 4.78 is 7.36. The zero-order valence-corrected chi connectivity index (χ0v) is 16.0. The SMILES string of the molecule is NC(=O)CCc1nnc(SCc2ccc(Cl)c(Cl)c2)n1Cc1ccco1. The van der Waals surface area contributed by atoms with Crippen molar-refractivity contribution in [1.29, 1.82) is 0 Å². The number of rotatable bonds is 8. The molecule has 0 spiro atoms. The van der Waals surface area contributed by atoms with Crippen molar-refractivity contribution in [3.05, 3.63) is 63.8 Å². The minimum Gasteiger partial charge on any atom is -0.467 e. The van der Waals surface area contributed by atoms with Gasteiger partial charge in [0.25, 0.3) is 0 Å². The summed E-state index contributed by atoms with van der Waals surface area (Å²) in [5.41, 5.74) is 6.27. The summed E-state index contributed by atoms with van der Waals surface area (Å²) in [6, 6.07) is 9.23. The van der Waals surface area contributed by atoms with E-state index in [4.69, 9.17) is 33.4 Å². The minimum absolute atomic E-state index is 0.216. The largest absolute Gasteiger partial charge is 0.467 e. The highest BCUT2D eigenvalue weighted by molar-refractivity contribution is 7.98. The molecule has 6 nitrogen and oxygen atoms in total. The van der Waals surface area contributed by atoms with Gasteiger partial charge in [-0.1, -0.05) is 41.0 Å². The van der Waals surface area contributed by atoms with E-state index >= 15 is 0 Å². The highest BCUT2D eigenvalue weighted by Crippen LogP contribution is 2.28. The number of furan rings is 1. The molecule has 0 saturated carbocycles. The Morgan fingerprint density at radius 2 is 2.08 bits per heavy atom. The van der Waals surface area contributed by atoms with Crippen LogP contribution in [0.15, 0.2) is 46.2 Å². The lowest BCUT2D eigenvalue weighted by Gasteiger charge is -2.08. The van der Waals surface area contributed by atoms with Gasteiger partial charge in [0.2, 0.25) is 5.91 Å². The van der Waals surface area contributed by atoms with Crippen molar-refractivity contribution in [1.82, 2.24) is 14.8 Å². The Morgan fingerprint density at radius 1 is 1.23 bits per heavy atom. The number of hydrogen-bond donors (Lipinski definition) is 1. The first-order valence-electron chi connectivity index (χ1n) is 7.82. The van der Waals surface area contributed by atoms with Gasteiger partial charge >= 0.3 is 0 Å². The lowest BCUT2D eigenvalue weighted by molar-refractivity contribution is -0.118. The molecular formula is C17H16Cl2N4O2S. The van der Waals surface area contributed by atoms with E-state index in [1.165, 1.54) is 11.8 Å². The van der Waals surface area contributed by atoms with Gasteiger partial charge in [0.05, 0.1) is 22.9 Å². The molecule has 2 heterocycles. The number of aromatic nitrogens is 3. The lowest BCUT2D eigenvalue weighted by Crippen LogP contribution is -2.14. The highest BCUT2D eigenvalue weighted by Gasteiger charge is 2.15. The number of nitrogens with zero attached hydrogens (tertiary/aromatic N) is 3. The van der Waals surface area contributed by atoms with E-state index in [1.807, 2.05) is 28.8 Å². The van der Waals surface area contributed by atoms with Crippen LogP contribution < -0.4 is 5.73 Å². The van der Waals surface area contributed by atoms with Gasteiger partial charge in [-0.25, -0.2) is 0 Å². The quantitative estimate of drug-likeness (QED) is 0.568. The van der Waals surface area contributed by atoms with Crippen LogP contribution in [-0.4, -0.2) is 20.7 Å². The number of thioether (sulfide) groups is 1. The second-order valence-corrected chi connectivity index (χ2v) is 7.32. The number of carbonyl (C=O) groups excluding carboxylic acids is 1. The molecule has 2 N–H and O–H groups in total. The molecule has 0 bridgehead atoms. The van der Waals surface area contributed by atoms with Crippen molar-refractivity contribution >= 4 is 40.9 Å². The first kappa shape index (κ1) is 18.8. The summed E-state index contributed by atoms with van der Waals surface area (Å²) >= 11 is 13.5. The average molecular weight is 411 g/mol. The monoisotopic (exact) mass is 410 g/mol. The predicted octanol–water partition coefficient (Wildman–Crippen LogP) is 3.94. The predicted molar refractivity (Wildman–Crippen MR) is 101 cm³/mol. The van der Waals surface area contributed by atoms with Crippen LogP contribution in [-0.2, 0) is 23.5 Å². The second kappa shape index (κ2) is 8.62. The Morgan fingerprint density at radius 3 is 2.77 bits per heavy atom. The molecule has 0 saturated heterocycles. The van der Waals surface area contributed by atoms with Gasteiger partial charge in [0.1, 0.15) is 11.6 Å². The number of carbonyl (C=O) groups is 1. The van der Waals surface area contributed by atoms with Crippen molar-refractivity contribution in [2.24, 2.45) is 5.73 Å². The fourth-order valence-corrected chi connectivity index (χ4v) is 3.56. The maximum Gasteiger partial charge on any atom is 0.217 e. The van der Waals surface area contributed by atoms with Crippen molar-refractivity contribution in [2.75, 3.05) is 0 Å². The molecular weight excluding hydrogens is 395 g/mol. The molecule has 0 radical (unpaired) electrons. The van der Waals surface area contributed by atoms with Crippen LogP contribution in [0.4, 0.5) is 0 Å². The first-order chi connectivity index (χ1) is 12.5. The molecule has 26 heavy (non-hydrogen) atoms. The van der Waals surface area contributed by atoms with Crippen molar-refractivity contribution in [3.63, 3.8) is 0 Å². The van der Waals surface area contributed by atoms with Gasteiger partial charge in [0.15, 0.2) is 5.16 Å². The van der Waals surface area contributed by atoms with Crippen molar-refractivity contribution < 1.29 is 9.21 Å². The smallest absolute Gasteiger partial charge is 0.217 e. The Hall–Kier alpha value is -1.96. The number of amides is 1. The van der Waals surface area contributed by atoms with Gasteiger partial charge in [0, 0.05) is 18.6 Å². The molecule has 0 aliphatic heterocycles. The molecule has 0 unspecified atom stereocenters. The standard InChI is InChI=1S/C17H16Cl2N4O2S/c18-13-4-3-11(8-14(13)19)10-26-17-22-21-16(6-5-15(20)24)23(17)9-12-2-1-7-25-12/h1-4,7-8H,5-6,9-10H2,(H2,20,24). The number of aryl methyl sites for hydroxylation is 1. The Labute approximate surface area is 164 Å². The van der Waals surface area contributed by atoms with E-state index in [-0.39, 0.29) is 12.3 Å². The van der Waals surface area contributed by atoms with E-state index < -0.39 is 0 Å². The zero-order chi connectivity index (χ0) is 18.5. The van der Waals surface area contributed by atoms with E-state index in [0.717, 1.165) is 16.5 Å². The van der Waals surface area contributed by atoms with Crippen LogP contribution in [0.25, 0.3) is 0 Å². The third kappa shape index (κ3) is 4.81. The molecule has 0 aliphatic rings. The zero-order valence-electron chi connectivity index (χ0n) is 13.7. The van der Waals surface area contributed by atoms with Gasteiger partial charge in [-0.05, 0) is 29.8 Å². The van der Waals surface area contributed by atoms with Gasteiger partial charge in [-0.3, -0.25) is 9.36 Å². The molecule has 0 fully saturated rings. The molecule has 1 aromatic carbocycles. The van der Waals surface area contributed by atoms with Crippen molar-refractivity contribution in [2.45, 2.75) is 30.3 Å². The third-order valence-corrected chi connectivity index (χ3v) is 5.41. The summed E-state index contributed by atoms with van der Waals surface area (Å²) in [4.78, 5) is 11.1. The van der Waals surface area contributed by atoms with Gasteiger partial charge < -0.3 is 10.2 Å². The third-order valence-electron chi connectivity index (χ3n) is 3.63. The van der Waals surface area contributed by atoms with Crippen LogP contribution in [0.3, 0.4) is 0 Å². The number of primary amides is 1. The molecule has 9 heteroatoms. The molecule has 2 aromatic heterocycles. The van der Waals surface area contributed by atoms with Crippen LogP contribution >= 0.6 is 35.0 Å². The summed E-state index contributed by atoms with van der Waals surface area (Å²) in [7, 11) is 0. The number of hydrogen-bond acceptors (Lipinski definition) is 5. The summed E-state index contributed by atoms with van der Waals surface area (Å²) in [6.07, 6.45) is 2.26. The Kier molecular flexibility index (Phi) is 6.24. The normalized spacial score (nSPS) is 11.0. The highest BCUT2D eigenvalue weighted by atomic mass is 35.5. The summed E-state index contributed by atoms with van der Waals surface area (Å²) in [6.45, 7) is 0.484. The first-order valence-corrected chi connectivity index (χ1v) is 9.56. The van der Waals surface area contributed by atoms with E-state index in [1.54, 1.807) is 12.3 Å². The fraction of sp³-hybridized carbons (Fsp3) is 0.235. The number of halogens is 2. The molecule has 0 atom stereocenters. The molecule has 3 rings (SSSR count). The minimum atomic E-state index is -0.373. The molecule has 1 amide bonds. The molecule has 136 valence electrons. The van der Waals surface area contributed by atoms with Crippen LogP contribution in [0, 0.1) is 0 Å².